The van der Waals surface area contributed by atoms with Crippen LogP contribution in [0.3, 0.4) is 0 Å². The maximum absolute atomic E-state index is 9.43. The van der Waals surface area contributed by atoms with E-state index in [0.717, 1.165) is 0 Å². The molecule has 0 aromatic carbocycles. The molecular formula is C13H25NaO4. The maximum Gasteiger partial charge on any atom is 1.00 e. The quantitative estimate of drug-likeness (QED) is 0.429. The van der Waals surface area contributed by atoms with Crippen molar-refractivity contribution in [3.8, 4) is 0 Å². The van der Waals surface area contributed by atoms with Gasteiger partial charge < -0.3 is 16.1 Å². The van der Waals surface area contributed by atoms with Crippen molar-refractivity contribution in [3.63, 3.8) is 0 Å². The molecular weight excluding hydrogens is 243 g/mol. The van der Waals surface area contributed by atoms with Crippen molar-refractivity contribution < 1.29 is 49.4 Å². The Bertz CT molecular complexity index is 222. The van der Waals surface area contributed by atoms with E-state index in [9.17, 15) is 9.59 Å². The minimum Gasteiger partial charge on any atom is -0.481 e. The molecule has 0 unspecified atom stereocenters. The molecule has 0 aliphatic heterocycles. The van der Waals surface area contributed by atoms with Gasteiger partial charge in [0, 0.05) is 0 Å². The summed E-state index contributed by atoms with van der Waals surface area (Å²) in [5, 5.41) is 15.4. The summed E-state index contributed by atoms with van der Waals surface area (Å²) in [6.45, 7) is 11.4. The Morgan fingerprint density at radius 2 is 1.50 bits per heavy atom. The molecule has 0 rings (SSSR count). The van der Waals surface area contributed by atoms with Gasteiger partial charge in [0.1, 0.15) is 6.42 Å². The normalized spacial score (nSPS) is 10.1. The van der Waals surface area contributed by atoms with Gasteiger partial charge in [-0.1, -0.05) is 40.5 Å². The molecule has 0 radical (unpaired) electrons. The van der Waals surface area contributed by atoms with Gasteiger partial charge in [0.15, 0.2) is 0 Å². The first kappa shape index (κ1) is 23.1. The number of hydrogen-bond acceptors (Lipinski definition) is 2. The van der Waals surface area contributed by atoms with Gasteiger partial charge in [-0.3, -0.25) is 9.59 Å². The Labute approximate surface area is 132 Å². The standard InChI is InChI=1S/C10H21.C3H4O4.Na/c1-6-7-8-9(2)10(3,4)5;4-2(5)1-3(6)7;/h6-8H2,1-5H3;1H2,(H,4,5)(H,6,7);/q-1;;+1. The van der Waals surface area contributed by atoms with Crippen molar-refractivity contribution in [1.29, 1.82) is 0 Å². The first-order valence-corrected chi connectivity index (χ1v) is 5.87. The number of carboxylic acids is 2. The predicted octanol–water partition coefficient (Wildman–Crippen LogP) is 0.367. The average molecular weight is 268 g/mol. The molecule has 2 N–H and O–H groups in total. The molecule has 0 fully saturated rings. The number of carboxylic acid groups (broad SMARTS) is 2. The summed E-state index contributed by atoms with van der Waals surface area (Å²) in [7, 11) is 0. The topological polar surface area (TPSA) is 74.6 Å². The second-order valence-electron chi connectivity index (χ2n) is 5.10. The third-order valence-corrected chi connectivity index (χ3v) is 2.49. The fraction of sp³-hybridized carbons (Fsp3) is 0.769. The average Bonchev–Trinajstić information content (AvgIpc) is 2.11. The van der Waals surface area contributed by atoms with Gasteiger partial charge in [-0.25, -0.2) is 0 Å². The van der Waals surface area contributed by atoms with Gasteiger partial charge in [-0.15, -0.1) is 0 Å². The van der Waals surface area contributed by atoms with Crippen LogP contribution in [0.5, 0.6) is 0 Å². The number of unbranched alkanes of at least 4 members (excludes halogenated alkanes) is 1. The number of aliphatic carboxylic acids is 2. The Morgan fingerprint density at radius 3 is 1.67 bits per heavy atom. The van der Waals surface area contributed by atoms with Gasteiger partial charge in [-0.2, -0.15) is 18.8 Å². The van der Waals surface area contributed by atoms with E-state index in [2.05, 4.69) is 34.6 Å². The summed E-state index contributed by atoms with van der Waals surface area (Å²) in [5.41, 5.74) is 0.426. The summed E-state index contributed by atoms with van der Waals surface area (Å²) in [4.78, 5) is 18.9. The van der Waals surface area contributed by atoms with E-state index in [1.807, 2.05) is 0 Å². The second-order valence-corrected chi connectivity index (χ2v) is 5.10. The van der Waals surface area contributed by atoms with Crippen LogP contribution in [-0.2, 0) is 9.59 Å². The molecule has 0 heterocycles. The fourth-order valence-electron chi connectivity index (χ4n) is 0.946. The van der Waals surface area contributed by atoms with Crippen molar-refractivity contribution in [2.24, 2.45) is 5.41 Å². The molecule has 0 aliphatic rings. The van der Waals surface area contributed by atoms with E-state index in [0.29, 0.717) is 5.41 Å². The summed E-state index contributed by atoms with van der Waals surface area (Å²) in [6.07, 6.45) is 3.16. The van der Waals surface area contributed by atoms with Crippen molar-refractivity contribution in [3.05, 3.63) is 5.92 Å². The van der Waals surface area contributed by atoms with Crippen LogP contribution in [-0.4, -0.2) is 22.2 Å². The van der Waals surface area contributed by atoms with Gasteiger partial charge in [-0.05, 0) is 0 Å². The largest absolute Gasteiger partial charge is 1.00 e. The van der Waals surface area contributed by atoms with Gasteiger partial charge in [0.2, 0.25) is 0 Å². The fourth-order valence-corrected chi connectivity index (χ4v) is 0.946. The molecule has 0 spiro atoms. The van der Waals surface area contributed by atoms with Crippen LogP contribution in [0.1, 0.15) is 60.3 Å². The Balaban J connectivity index is -0.000000251. The molecule has 18 heavy (non-hydrogen) atoms. The third-order valence-electron chi connectivity index (χ3n) is 2.49. The zero-order chi connectivity index (χ0) is 14.1. The maximum atomic E-state index is 9.43. The molecule has 5 heteroatoms. The predicted molar refractivity (Wildman–Crippen MR) is 67.8 cm³/mol. The van der Waals surface area contributed by atoms with Crippen LogP contribution in [0.25, 0.3) is 0 Å². The molecule has 0 aromatic rings. The van der Waals surface area contributed by atoms with Crippen LogP contribution < -0.4 is 29.6 Å². The number of hydrogen-bond donors (Lipinski definition) is 2. The Hall–Kier alpha value is -0.0600. The Morgan fingerprint density at radius 1 is 1.11 bits per heavy atom. The molecule has 0 saturated carbocycles. The van der Waals surface area contributed by atoms with Crippen LogP contribution in [0, 0.1) is 11.3 Å². The van der Waals surface area contributed by atoms with E-state index in [1.165, 1.54) is 19.3 Å². The zero-order valence-corrected chi connectivity index (χ0v) is 14.5. The van der Waals surface area contributed by atoms with Crippen LogP contribution >= 0.6 is 0 Å². The van der Waals surface area contributed by atoms with Crippen LogP contribution in [0.15, 0.2) is 0 Å². The van der Waals surface area contributed by atoms with E-state index in [1.54, 1.807) is 5.92 Å². The monoisotopic (exact) mass is 268 g/mol. The van der Waals surface area contributed by atoms with Crippen molar-refractivity contribution >= 4 is 11.9 Å². The third kappa shape index (κ3) is 18.3. The summed E-state index contributed by atoms with van der Waals surface area (Å²) in [5.74, 6) is -0.991. The van der Waals surface area contributed by atoms with E-state index in [4.69, 9.17) is 10.2 Å². The SMILES string of the molecule is CCCC[C-](C)C(C)(C)C.O=C(O)CC(=O)O.[Na+]. The molecule has 0 bridgehead atoms. The summed E-state index contributed by atoms with van der Waals surface area (Å²) >= 11 is 0. The number of rotatable bonds is 5. The second kappa shape index (κ2) is 12.0. The van der Waals surface area contributed by atoms with Gasteiger partial charge in [0.25, 0.3) is 0 Å². The van der Waals surface area contributed by atoms with E-state index >= 15 is 0 Å². The molecule has 102 valence electrons. The van der Waals surface area contributed by atoms with Crippen molar-refractivity contribution in [1.82, 2.24) is 0 Å². The zero-order valence-electron chi connectivity index (χ0n) is 12.5. The van der Waals surface area contributed by atoms with Crippen molar-refractivity contribution in [2.75, 3.05) is 0 Å². The van der Waals surface area contributed by atoms with E-state index < -0.39 is 18.4 Å². The Kier molecular flexibility index (Phi) is 15.4. The van der Waals surface area contributed by atoms with E-state index in [-0.39, 0.29) is 29.6 Å². The first-order chi connectivity index (χ1) is 7.61. The smallest absolute Gasteiger partial charge is 0.481 e. The van der Waals surface area contributed by atoms with Crippen LogP contribution in [0.2, 0.25) is 0 Å². The minimum atomic E-state index is -1.31. The minimum absolute atomic E-state index is 0. The van der Waals surface area contributed by atoms with Crippen molar-refractivity contribution in [2.45, 2.75) is 60.3 Å². The van der Waals surface area contributed by atoms with Crippen LogP contribution in [0.4, 0.5) is 0 Å². The molecule has 0 aromatic heterocycles. The van der Waals surface area contributed by atoms with Gasteiger partial charge >= 0.3 is 41.5 Å². The number of carbonyl (C=O) groups is 2. The molecule has 0 aliphatic carbocycles. The first-order valence-electron chi connectivity index (χ1n) is 5.87. The van der Waals surface area contributed by atoms with Gasteiger partial charge in [0.05, 0.1) is 0 Å². The molecule has 0 amide bonds. The molecule has 0 saturated heterocycles. The summed E-state index contributed by atoms with van der Waals surface area (Å²) < 4.78 is 0. The molecule has 0 atom stereocenters. The molecule has 4 nitrogen and oxygen atoms in total. The summed E-state index contributed by atoms with van der Waals surface area (Å²) in [6, 6.07) is 0.